The smallest absolute Gasteiger partial charge is 0.140 e. The van der Waals surface area contributed by atoms with Gasteiger partial charge in [0.1, 0.15) is 4.32 Å². The van der Waals surface area contributed by atoms with Crippen LogP contribution in [0.3, 0.4) is 0 Å². The predicted molar refractivity (Wildman–Crippen MR) is 104 cm³/mol. The van der Waals surface area contributed by atoms with Gasteiger partial charge in [-0.1, -0.05) is 72.5 Å². The van der Waals surface area contributed by atoms with Crippen LogP contribution in [0.4, 0.5) is 0 Å². The number of thioether (sulfide) groups is 1. The Morgan fingerprint density at radius 3 is 2.05 bits per heavy atom. The van der Waals surface area contributed by atoms with E-state index in [1.807, 2.05) is 19.0 Å². The Labute approximate surface area is 140 Å². The maximum Gasteiger partial charge on any atom is 0.140 e. The van der Waals surface area contributed by atoms with E-state index in [0.717, 1.165) is 4.32 Å². The van der Waals surface area contributed by atoms with Crippen molar-refractivity contribution in [2.45, 2.75) is 0 Å². The average Bonchev–Trinajstić information content (AvgIpc) is 2.53. The zero-order valence-electron chi connectivity index (χ0n) is 12.6. The molecular weight excluding hydrogens is 306 g/mol. The SMILES string of the molecule is CN(C)C(=S)S/C=C/c1c2ccccc2cc2ccccc12. The van der Waals surface area contributed by atoms with Crippen molar-refractivity contribution in [1.29, 1.82) is 0 Å². The number of benzene rings is 3. The summed E-state index contributed by atoms with van der Waals surface area (Å²) in [6, 6.07) is 19.3. The second kappa shape index (κ2) is 6.51. The van der Waals surface area contributed by atoms with Crippen molar-refractivity contribution < 1.29 is 0 Å². The molecular formula is C19H17NS2. The van der Waals surface area contributed by atoms with Crippen molar-refractivity contribution in [3.05, 3.63) is 65.6 Å². The van der Waals surface area contributed by atoms with Crippen molar-refractivity contribution in [3.63, 3.8) is 0 Å². The van der Waals surface area contributed by atoms with Crippen molar-refractivity contribution in [2.75, 3.05) is 14.1 Å². The highest BCUT2D eigenvalue weighted by atomic mass is 32.2. The summed E-state index contributed by atoms with van der Waals surface area (Å²) in [5.41, 5.74) is 1.25. The molecule has 0 bridgehead atoms. The molecule has 0 heterocycles. The summed E-state index contributed by atoms with van der Waals surface area (Å²) >= 11 is 6.90. The van der Waals surface area contributed by atoms with E-state index in [1.54, 1.807) is 11.8 Å². The molecule has 0 unspecified atom stereocenters. The van der Waals surface area contributed by atoms with E-state index in [2.05, 4.69) is 66.1 Å². The fraction of sp³-hybridized carbons (Fsp3) is 0.105. The molecule has 0 aliphatic heterocycles. The molecule has 0 aromatic heterocycles. The fourth-order valence-electron chi connectivity index (χ4n) is 2.49. The molecule has 0 amide bonds. The topological polar surface area (TPSA) is 3.24 Å². The number of thiocarbonyl (C=S) groups is 1. The van der Waals surface area contributed by atoms with Gasteiger partial charge in [0.15, 0.2) is 0 Å². The lowest BCUT2D eigenvalue weighted by molar-refractivity contribution is 0.648. The van der Waals surface area contributed by atoms with Gasteiger partial charge >= 0.3 is 0 Å². The lowest BCUT2D eigenvalue weighted by atomic mass is 9.97. The molecule has 0 fully saturated rings. The first-order valence-electron chi connectivity index (χ1n) is 7.12. The molecule has 0 saturated heterocycles. The van der Waals surface area contributed by atoms with Gasteiger partial charge in [-0.2, -0.15) is 0 Å². The highest BCUT2D eigenvalue weighted by Gasteiger charge is 2.05. The average molecular weight is 323 g/mol. The number of hydrogen-bond donors (Lipinski definition) is 0. The third kappa shape index (κ3) is 3.01. The first-order valence-corrected chi connectivity index (χ1v) is 8.40. The van der Waals surface area contributed by atoms with Gasteiger partial charge in [-0.3, -0.25) is 0 Å². The molecule has 3 aromatic carbocycles. The quantitative estimate of drug-likeness (QED) is 0.450. The molecule has 22 heavy (non-hydrogen) atoms. The predicted octanol–water partition coefficient (Wildman–Crippen LogP) is 5.54. The summed E-state index contributed by atoms with van der Waals surface area (Å²) in [6.45, 7) is 0. The van der Waals surface area contributed by atoms with Crippen LogP contribution in [-0.4, -0.2) is 23.3 Å². The van der Waals surface area contributed by atoms with Crippen LogP contribution in [0.15, 0.2) is 60.0 Å². The molecule has 0 aliphatic carbocycles. The summed E-state index contributed by atoms with van der Waals surface area (Å²) in [5, 5.41) is 7.15. The highest BCUT2D eigenvalue weighted by molar-refractivity contribution is 8.24. The lowest BCUT2D eigenvalue weighted by Crippen LogP contribution is -2.14. The molecule has 0 saturated carbocycles. The summed E-state index contributed by atoms with van der Waals surface area (Å²) in [7, 11) is 3.94. The van der Waals surface area contributed by atoms with Gasteiger partial charge < -0.3 is 4.90 Å². The second-order valence-corrected chi connectivity index (χ2v) is 6.85. The van der Waals surface area contributed by atoms with Crippen LogP contribution in [0.25, 0.3) is 27.6 Å². The van der Waals surface area contributed by atoms with Gasteiger partial charge in [-0.05, 0) is 44.7 Å². The molecule has 0 aliphatic rings. The minimum absolute atomic E-state index is 0.862. The lowest BCUT2D eigenvalue weighted by Gasteiger charge is -2.11. The van der Waals surface area contributed by atoms with Crippen LogP contribution in [0.1, 0.15) is 5.56 Å². The Morgan fingerprint density at radius 2 is 1.50 bits per heavy atom. The van der Waals surface area contributed by atoms with Crippen LogP contribution in [0, 0.1) is 0 Å². The number of nitrogens with zero attached hydrogens (tertiary/aromatic N) is 1. The van der Waals surface area contributed by atoms with Crippen LogP contribution in [-0.2, 0) is 0 Å². The highest BCUT2D eigenvalue weighted by Crippen LogP contribution is 2.30. The minimum Gasteiger partial charge on any atom is -0.363 e. The van der Waals surface area contributed by atoms with E-state index in [-0.39, 0.29) is 0 Å². The summed E-state index contributed by atoms with van der Waals surface area (Å²) in [5.74, 6) is 0. The molecule has 0 N–H and O–H groups in total. The fourth-order valence-corrected chi connectivity index (χ4v) is 3.19. The van der Waals surface area contributed by atoms with Gasteiger partial charge in [-0.15, -0.1) is 0 Å². The van der Waals surface area contributed by atoms with Gasteiger partial charge in [0.2, 0.25) is 0 Å². The van der Waals surface area contributed by atoms with Crippen molar-refractivity contribution in [2.24, 2.45) is 0 Å². The summed E-state index contributed by atoms with van der Waals surface area (Å²) < 4.78 is 0.862. The monoisotopic (exact) mass is 323 g/mol. The van der Waals surface area contributed by atoms with E-state index >= 15 is 0 Å². The van der Waals surface area contributed by atoms with Crippen molar-refractivity contribution >= 4 is 55.9 Å². The van der Waals surface area contributed by atoms with Gasteiger partial charge in [0, 0.05) is 14.1 Å². The van der Waals surface area contributed by atoms with Crippen LogP contribution < -0.4 is 0 Å². The van der Waals surface area contributed by atoms with Crippen molar-refractivity contribution in [3.8, 4) is 0 Å². The van der Waals surface area contributed by atoms with E-state index in [9.17, 15) is 0 Å². The number of rotatable bonds is 2. The van der Waals surface area contributed by atoms with E-state index < -0.39 is 0 Å². The van der Waals surface area contributed by atoms with Crippen LogP contribution >= 0.6 is 24.0 Å². The minimum atomic E-state index is 0.862. The Balaban J connectivity index is 2.12. The van der Waals surface area contributed by atoms with E-state index in [0.29, 0.717) is 0 Å². The number of fused-ring (bicyclic) bond motifs is 2. The zero-order valence-corrected chi connectivity index (χ0v) is 14.2. The second-order valence-electron chi connectivity index (χ2n) is 5.31. The Bertz CT molecular complexity index is 812. The third-order valence-corrected chi connectivity index (χ3v) is 5.07. The van der Waals surface area contributed by atoms with Crippen molar-refractivity contribution in [1.82, 2.24) is 4.90 Å². The standard InChI is InChI=1S/C19H17NS2/c1-20(2)19(21)22-12-11-18-16-9-5-3-7-14(16)13-15-8-4-6-10-17(15)18/h3-13H,1-2H3/b12-11+. The molecule has 0 radical (unpaired) electrons. The van der Waals surface area contributed by atoms with Gasteiger partial charge in [-0.25, -0.2) is 0 Å². The third-order valence-electron chi connectivity index (χ3n) is 3.58. The molecule has 3 aromatic rings. The summed E-state index contributed by atoms with van der Waals surface area (Å²) in [6.07, 6.45) is 2.17. The largest absolute Gasteiger partial charge is 0.363 e. The first-order chi connectivity index (χ1) is 10.7. The van der Waals surface area contributed by atoms with E-state index in [1.165, 1.54) is 27.1 Å². The molecule has 1 nitrogen and oxygen atoms in total. The molecule has 0 atom stereocenters. The normalized spacial score (nSPS) is 11.4. The first kappa shape index (κ1) is 15.1. The maximum atomic E-state index is 5.32. The Kier molecular flexibility index (Phi) is 4.46. The van der Waals surface area contributed by atoms with Crippen LogP contribution in [0.5, 0.6) is 0 Å². The van der Waals surface area contributed by atoms with Crippen LogP contribution in [0.2, 0.25) is 0 Å². The Hall–Kier alpha value is -1.84. The van der Waals surface area contributed by atoms with Gasteiger partial charge in [0.25, 0.3) is 0 Å². The summed E-state index contributed by atoms with van der Waals surface area (Å²) in [4.78, 5) is 1.95. The van der Waals surface area contributed by atoms with Gasteiger partial charge in [0.05, 0.1) is 0 Å². The van der Waals surface area contributed by atoms with E-state index in [4.69, 9.17) is 12.2 Å². The molecule has 3 heteroatoms. The molecule has 110 valence electrons. The molecule has 3 rings (SSSR count). The molecule has 0 spiro atoms. The number of hydrogen-bond acceptors (Lipinski definition) is 2. The maximum absolute atomic E-state index is 5.32. The Morgan fingerprint density at radius 1 is 0.955 bits per heavy atom. The zero-order chi connectivity index (χ0) is 15.5.